The van der Waals surface area contributed by atoms with Crippen molar-refractivity contribution in [3.63, 3.8) is 0 Å². The Morgan fingerprint density at radius 2 is 1.55 bits per heavy atom. The quantitative estimate of drug-likeness (QED) is 0.719. The maximum absolute atomic E-state index is 12.3. The third-order valence-corrected chi connectivity index (χ3v) is 5.87. The third kappa shape index (κ3) is 6.21. The Hall–Kier alpha value is -2.57. The van der Waals surface area contributed by atoms with E-state index in [-0.39, 0.29) is 24.9 Å². The van der Waals surface area contributed by atoms with E-state index in [1.165, 1.54) is 5.56 Å². The molecule has 0 bridgehead atoms. The van der Waals surface area contributed by atoms with Crippen LogP contribution in [0.2, 0.25) is 5.02 Å². The monoisotopic (exact) mass is 442 g/mol. The molecule has 1 heterocycles. The van der Waals surface area contributed by atoms with E-state index in [0.29, 0.717) is 0 Å². The van der Waals surface area contributed by atoms with Gasteiger partial charge in [0.05, 0.1) is 13.1 Å². The molecular formula is C24H31ClN4O2. The molecule has 1 aliphatic rings. The second-order valence-corrected chi connectivity index (χ2v) is 8.73. The predicted molar refractivity (Wildman–Crippen MR) is 127 cm³/mol. The van der Waals surface area contributed by atoms with E-state index >= 15 is 0 Å². The van der Waals surface area contributed by atoms with Gasteiger partial charge in [-0.05, 0) is 56.5 Å². The normalized spacial score (nSPS) is 14.4. The lowest BCUT2D eigenvalue weighted by Crippen LogP contribution is -2.50. The minimum Gasteiger partial charge on any atom is -0.369 e. The molecule has 2 N–H and O–H groups in total. The number of benzene rings is 2. The molecule has 0 unspecified atom stereocenters. The number of piperazine rings is 1. The van der Waals surface area contributed by atoms with Gasteiger partial charge in [-0.15, -0.1) is 0 Å². The first kappa shape index (κ1) is 23.1. The molecule has 0 spiro atoms. The molecule has 1 saturated heterocycles. The molecule has 1 fully saturated rings. The van der Waals surface area contributed by atoms with E-state index in [1.807, 2.05) is 51.1 Å². The standard InChI is InChI=1S/C24H31ClN4O2/c1-16-11-18(3)24(19(4)12-16)27-22(30)14-26-23(31)15-28-7-9-29(10-8-28)21-13-20(25)6-5-17(21)2/h5-6,11-13H,7-10,14-15H2,1-4H3,(H,26,31)(H,27,30). The van der Waals surface area contributed by atoms with Gasteiger partial charge in [-0.25, -0.2) is 0 Å². The van der Waals surface area contributed by atoms with Crippen LogP contribution in [0.1, 0.15) is 22.3 Å². The number of carbonyl (C=O) groups excluding carboxylic acids is 2. The highest BCUT2D eigenvalue weighted by atomic mass is 35.5. The molecule has 0 saturated carbocycles. The molecule has 166 valence electrons. The molecular weight excluding hydrogens is 412 g/mol. The molecule has 3 rings (SSSR count). The zero-order valence-corrected chi connectivity index (χ0v) is 19.5. The van der Waals surface area contributed by atoms with Crippen LogP contribution in [0.3, 0.4) is 0 Å². The van der Waals surface area contributed by atoms with Gasteiger partial charge in [0.2, 0.25) is 11.8 Å². The van der Waals surface area contributed by atoms with Gasteiger partial charge in [0.25, 0.3) is 0 Å². The second-order valence-electron chi connectivity index (χ2n) is 8.29. The van der Waals surface area contributed by atoms with Crippen molar-refractivity contribution < 1.29 is 9.59 Å². The molecule has 0 aliphatic carbocycles. The Labute approximate surface area is 189 Å². The fourth-order valence-corrected chi connectivity index (χ4v) is 4.24. The maximum Gasteiger partial charge on any atom is 0.243 e. The summed E-state index contributed by atoms with van der Waals surface area (Å²) in [5, 5.41) is 6.38. The lowest BCUT2D eigenvalue weighted by atomic mass is 10.1. The summed E-state index contributed by atoms with van der Waals surface area (Å²) >= 11 is 6.15. The average molecular weight is 443 g/mol. The van der Waals surface area contributed by atoms with Crippen molar-refractivity contribution >= 4 is 34.8 Å². The lowest BCUT2D eigenvalue weighted by Gasteiger charge is -2.36. The molecule has 2 amide bonds. The molecule has 1 aliphatic heterocycles. The fraction of sp³-hybridized carbons (Fsp3) is 0.417. The van der Waals surface area contributed by atoms with E-state index in [0.717, 1.165) is 59.3 Å². The van der Waals surface area contributed by atoms with Crippen LogP contribution in [0.25, 0.3) is 0 Å². The van der Waals surface area contributed by atoms with E-state index in [9.17, 15) is 9.59 Å². The largest absolute Gasteiger partial charge is 0.369 e. The number of rotatable bonds is 6. The van der Waals surface area contributed by atoms with E-state index in [4.69, 9.17) is 11.6 Å². The van der Waals surface area contributed by atoms with Crippen LogP contribution in [0, 0.1) is 27.7 Å². The van der Waals surface area contributed by atoms with Crippen molar-refractivity contribution in [2.24, 2.45) is 0 Å². The summed E-state index contributed by atoms with van der Waals surface area (Å²) in [6.45, 7) is 11.5. The van der Waals surface area contributed by atoms with Crippen LogP contribution < -0.4 is 15.5 Å². The van der Waals surface area contributed by atoms with Gasteiger partial charge in [0, 0.05) is 42.6 Å². The van der Waals surface area contributed by atoms with Gasteiger partial charge in [-0.3, -0.25) is 14.5 Å². The van der Waals surface area contributed by atoms with Crippen molar-refractivity contribution in [1.29, 1.82) is 0 Å². The van der Waals surface area contributed by atoms with Gasteiger partial charge in [-0.2, -0.15) is 0 Å². The Morgan fingerprint density at radius 3 is 2.19 bits per heavy atom. The number of halogens is 1. The van der Waals surface area contributed by atoms with Crippen molar-refractivity contribution in [2.45, 2.75) is 27.7 Å². The summed E-state index contributed by atoms with van der Waals surface area (Å²) in [5.41, 5.74) is 6.36. The molecule has 0 atom stereocenters. The molecule has 6 nitrogen and oxygen atoms in total. The van der Waals surface area contributed by atoms with E-state index < -0.39 is 0 Å². The van der Waals surface area contributed by atoms with Crippen LogP contribution in [0.15, 0.2) is 30.3 Å². The highest BCUT2D eigenvalue weighted by Gasteiger charge is 2.20. The molecule has 31 heavy (non-hydrogen) atoms. The maximum atomic E-state index is 12.3. The first-order chi connectivity index (χ1) is 14.7. The average Bonchev–Trinajstić information content (AvgIpc) is 2.71. The number of nitrogens with one attached hydrogen (secondary N) is 2. The number of anilines is 2. The van der Waals surface area contributed by atoms with Crippen LogP contribution in [0.4, 0.5) is 11.4 Å². The van der Waals surface area contributed by atoms with Gasteiger partial charge >= 0.3 is 0 Å². The number of hydrogen-bond acceptors (Lipinski definition) is 4. The highest BCUT2D eigenvalue weighted by molar-refractivity contribution is 6.30. The number of hydrogen-bond donors (Lipinski definition) is 2. The van der Waals surface area contributed by atoms with Gasteiger partial charge < -0.3 is 15.5 Å². The Balaban J connectivity index is 1.43. The topological polar surface area (TPSA) is 64.7 Å². The molecule has 2 aromatic carbocycles. The minimum absolute atomic E-state index is 0.0345. The minimum atomic E-state index is -0.218. The number of nitrogens with zero attached hydrogens (tertiary/aromatic N) is 2. The zero-order valence-electron chi connectivity index (χ0n) is 18.7. The van der Waals surface area contributed by atoms with Crippen molar-refractivity contribution in [2.75, 3.05) is 49.5 Å². The van der Waals surface area contributed by atoms with Gasteiger partial charge in [0.15, 0.2) is 0 Å². The van der Waals surface area contributed by atoms with Crippen LogP contribution >= 0.6 is 11.6 Å². The van der Waals surface area contributed by atoms with Crippen molar-refractivity contribution in [3.05, 3.63) is 57.6 Å². The fourth-order valence-electron chi connectivity index (χ4n) is 4.07. The van der Waals surface area contributed by atoms with Crippen LogP contribution in [0.5, 0.6) is 0 Å². The van der Waals surface area contributed by atoms with E-state index in [1.54, 1.807) is 0 Å². The number of carbonyl (C=O) groups is 2. The summed E-state index contributed by atoms with van der Waals surface area (Å²) in [6.07, 6.45) is 0. The van der Waals surface area contributed by atoms with Crippen molar-refractivity contribution in [3.8, 4) is 0 Å². The summed E-state index contributed by atoms with van der Waals surface area (Å²) in [4.78, 5) is 29.0. The first-order valence-corrected chi connectivity index (χ1v) is 11.0. The number of amides is 2. The molecule has 0 radical (unpaired) electrons. The molecule has 2 aromatic rings. The van der Waals surface area contributed by atoms with Crippen molar-refractivity contribution in [1.82, 2.24) is 10.2 Å². The van der Waals surface area contributed by atoms with Crippen LogP contribution in [-0.2, 0) is 9.59 Å². The molecule has 7 heteroatoms. The zero-order chi connectivity index (χ0) is 22.5. The molecule has 0 aromatic heterocycles. The van der Waals surface area contributed by atoms with Gasteiger partial charge in [-0.1, -0.05) is 35.4 Å². The smallest absolute Gasteiger partial charge is 0.243 e. The van der Waals surface area contributed by atoms with Crippen LogP contribution in [-0.4, -0.2) is 56.0 Å². The Bertz CT molecular complexity index is 945. The second kappa shape index (κ2) is 10.2. The third-order valence-electron chi connectivity index (χ3n) is 5.64. The summed E-state index contributed by atoms with van der Waals surface area (Å²) in [5.74, 6) is -0.357. The summed E-state index contributed by atoms with van der Waals surface area (Å²) in [6, 6.07) is 9.99. The SMILES string of the molecule is Cc1cc(C)c(NC(=O)CNC(=O)CN2CCN(c3cc(Cl)ccc3C)CC2)c(C)c1. The summed E-state index contributed by atoms with van der Waals surface area (Å²) < 4.78 is 0. The number of aryl methyl sites for hydroxylation is 4. The van der Waals surface area contributed by atoms with E-state index in [2.05, 4.69) is 27.4 Å². The first-order valence-electron chi connectivity index (χ1n) is 10.6. The summed E-state index contributed by atoms with van der Waals surface area (Å²) in [7, 11) is 0. The Kier molecular flexibility index (Phi) is 7.57. The highest BCUT2D eigenvalue weighted by Crippen LogP contribution is 2.25. The lowest BCUT2D eigenvalue weighted by molar-refractivity contribution is -0.125. The van der Waals surface area contributed by atoms with Gasteiger partial charge in [0.1, 0.15) is 0 Å². The predicted octanol–water partition coefficient (Wildman–Crippen LogP) is 3.45. The Morgan fingerprint density at radius 1 is 0.903 bits per heavy atom.